The van der Waals surface area contributed by atoms with Gasteiger partial charge in [0.05, 0.1) is 0 Å². The van der Waals surface area contributed by atoms with Crippen molar-refractivity contribution >= 4 is 18.0 Å². The largest absolute Gasteiger partial charge is 0.480 e. The molecule has 2 aromatic carbocycles. The third-order valence-electron chi connectivity index (χ3n) is 6.82. The lowest BCUT2D eigenvalue weighted by molar-refractivity contribution is -0.147. The molecule has 0 bridgehead atoms. The van der Waals surface area contributed by atoms with E-state index >= 15 is 0 Å². The molecule has 0 spiro atoms. The molecule has 0 unspecified atom stereocenters. The zero-order chi connectivity index (χ0) is 24.1. The molecule has 0 saturated heterocycles. The van der Waals surface area contributed by atoms with Crippen LogP contribution in [0.3, 0.4) is 0 Å². The van der Waals surface area contributed by atoms with Crippen molar-refractivity contribution < 1.29 is 24.2 Å². The molecular formula is C27H32N2O5. The lowest BCUT2D eigenvalue weighted by Crippen LogP contribution is -2.45. The van der Waals surface area contributed by atoms with Crippen molar-refractivity contribution in [2.75, 3.05) is 19.7 Å². The number of ether oxygens (including phenoxy) is 1. The van der Waals surface area contributed by atoms with E-state index in [2.05, 4.69) is 29.6 Å². The topological polar surface area (TPSA) is 95.9 Å². The Morgan fingerprint density at radius 1 is 1.03 bits per heavy atom. The summed E-state index contributed by atoms with van der Waals surface area (Å²) >= 11 is 0. The molecule has 0 aromatic heterocycles. The van der Waals surface area contributed by atoms with Crippen LogP contribution in [0.15, 0.2) is 48.5 Å². The number of alkyl carbamates (subject to hydrolysis) is 1. The Morgan fingerprint density at radius 3 is 2.29 bits per heavy atom. The SMILES string of the molecule is CCCN(CC(=O)O)C(=O)[C@@H]1CCC[C@@H](NC(=O)OCC2c3ccccc3-c3ccccc32)C1. The van der Waals surface area contributed by atoms with Crippen LogP contribution >= 0.6 is 0 Å². The summed E-state index contributed by atoms with van der Waals surface area (Å²) in [5.41, 5.74) is 4.68. The molecule has 2 N–H and O–H groups in total. The zero-order valence-electron chi connectivity index (χ0n) is 19.5. The number of nitrogens with one attached hydrogen (secondary N) is 1. The number of aliphatic carboxylic acids is 1. The van der Waals surface area contributed by atoms with E-state index in [1.165, 1.54) is 16.0 Å². The molecule has 2 amide bonds. The zero-order valence-corrected chi connectivity index (χ0v) is 19.5. The van der Waals surface area contributed by atoms with Gasteiger partial charge in [0.15, 0.2) is 0 Å². The maximum absolute atomic E-state index is 12.9. The molecule has 0 aliphatic heterocycles. The minimum atomic E-state index is -1.01. The van der Waals surface area contributed by atoms with Crippen molar-refractivity contribution in [3.8, 4) is 11.1 Å². The first-order valence-electron chi connectivity index (χ1n) is 12.1. The van der Waals surface area contributed by atoms with Crippen LogP contribution in [0.5, 0.6) is 0 Å². The fraction of sp³-hybridized carbons (Fsp3) is 0.444. The number of fused-ring (bicyclic) bond motifs is 3. The van der Waals surface area contributed by atoms with Crippen LogP contribution in [0, 0.1) is 5.92 Å². The fourth-order valence-corrected chi connectivity index (χ4v) is 5.31. The summed E-state index contributed by atoms with van der Waals surface area (Å²) in [6.07, 6.45) is 3.02. The average Bonchev–Trinajstić information content (AvgIpc) is 3.16. The standard InChI is InChI=1S/C27H32N2O5/c1-2-14-29(16-25(30)31)26(32)18-8-7-9-19(15-18)28-27(33)34-17-24-22-12-5-3-10-20(22)21-11-4-6-13-23(21)24/h3-6,10-13,18-19,24H,2,7-9,14-17H2,1H3,(H,28,33)(H,30,31)/t18-,19-/m1/s1. The maximum Gasteiger partial charge on any atom is 0.407 e. The minimum Gasteiger partial charge on any atom is -0.480 e. The number of hydrogen-bond donors (Lipinski definition) is 2. The van der Waals surface area contributed by atoms with E-state index in [4.69, 9.17) is 9.84 Å². The Kier molecular flexibility index (Phi) is 7.50. The highest BCUT2D eigenvalue weighted by atomic mass is 16.5. The predicted octanol–water partition coefficient (Wildman–Crippen LogP) is 4.41. The molecule has 2 aliphatic rings. The van der Waals surface area contributed by atoms with Crippen molar-refractivity contribution in [1.82, 2.24) is 10.2 Å². The quantitative estimate of drug-likeness (QED) is 0.603. The summed E-state index contributed by atoms with van der Waals surface area (Å²) in [6.45, 7) is 2.31. The molecule has 4 rings (SSSR count). The normalized spacial score (nSPS) is 19.1. The van der Waals surface area contributed by atoms with Crippen LogP contribution in [0.25, 0.3) is 11.1 Å². The van der Waals surface area contributed by atoms with Crippen LogP contribution < -0.4 is 5.32 Å². The Labute approximate surface area is 200 Å². The summed E-state index contributed by atoms with van der Waals surface area (Å²) in [4.78, 5) is 38.1. The highest BCUT2D eigenvalue weighted by molar-refractivity contribution is 5.83. The van der Waals surface area contributed by atoms with Gasteiger partial charge in [0.2, 0.25) is 5.91 Å². The molecule has 2 aromatic rings. The molecule has 180 valence electrons. The molecule has 7 heteroatoms. The summed E-state index contributed by atoms with van der Waals surface area (Å²) < 4.78 is 5.65. The second kappa shape index (κ2) is 10.7. The van der Waals surface area contributed by atoms with E-state index in [1.54, 1.807) is 0 Å². The van der Waals surface area contributed by atoms with Gasteiger partial charge < -0.3 is 20.1 Å². The number of benzene rings is 2. The fourth-order valence-electron chi connectivity index (χ4n) is 5.31. The van der Waals surface area contributed by atoms with Crippen LogP contribution in [0.1, 0.15) is 56.1 Å². The van der Waals surface area contributed by atoms with Crippen molar-refractivity contribution in [3.05, 3.63) is 59.7 Å². The monoisotopic (exact) mass is 464 g/mol. The van der Waals surface area contributed by atoms with Crippen LogP contribution in [0.4, 0.5) is 4.79 Å². The first-order chi connectivity index (χ1) is 16.5. The van der Waals surface area contributed by atoms with E-state index in [0.29, 0.717) is 25.8 Å². The number of carboxylic acids is 1. The Morgan fingerprint density at radius 2 is 1.68 bits per heavy atom. The van der Waals surface area contributed by atoms with Gasteiger partial charge in [-0.25, -0.2) is 4.79 Å². The summed E-state index contributed by atoms with van der Waals surface area (Å²) in [7, 11) is 0. The first kappa shape index (κ1) is 23.8. The van der Waals surface area contributed by atoms with E-state index in [-0.39, 0.29) is 36.9 Å². The summed E-state index contributed by atoms with van der Waals surface area (Å²) in [5, 5.41) is 12.1. The number of carboxylic acid groups (broad SMARTS) is 1. The number of carbonyl (C=O) groups is 3. The highest BCUT2D eigenvalue weighted by Crippen LogP contribution is 2.44. The number of hydrogen-bond acceptors (Lipinski definition) is 4. The van der Waals surface area contributed by atoms with Crippen LogP contribution in [-0.2, 0) is 14.3 Å². The van der Waals surface area contributed by atoms with Gasteiger partial charge in [-0.05, 0) is 47.9 Å². The van der Waals surface area contributed by atoms with Crippen molar-refractivity contribution in [2.45, 2.75) is 51.0 Å². The molecule has 2 atom stereocenters. The van der Waals surface area contributed by atoms with Gasteiger partial charge in [-0.1, -0.05) is 61.9 Å². The van der Waals surface area contributed by atoms with Gasteiger partial charge in [-0.3, -0.25) is 9.59 Å². The Hall–Kier alpha value is -3.35. The smallest absolute Gasteiger partial charge is 0.407 e. The number of nitrogens with zero attached hydrogens (tertiary/aromatic N) is 1. The number of rotatable bonds is 8. The minimum absolute atomic E-state index is 0.00236. The first-order valence-corrected chi connectivity index (χ1v) is 12.1. The highest BCUT2D eigenvalue weighted by Gasteiger charge is 2.33. The Balaban J connectivity index is 1.34. The van der Waals surface area contributed by atoms with E-state index in [1.807, 2.05) is 31.2 Å². The van der Waals surface area contributed by atoms with Crippen LogP contribution in [0.2, 0.25) is 0 Å². The average molecular weight is 465 g/mol. The lowest BCUT2D eigenvalue weighted by Gasteiger charge is -2.32. The molecule has 1 fully saturated rings. The summed E-state index contributed by atoms with van der Waals surface area (Å²) in [6, 6.07) is 16.2. The third kappa shape index (κ3) is 5.24. The molecule has 1 saturated carbocycles. The van der Waals surface area contributed by atoms with E-state index < -0.39 is 12.1 Å². The molecule has 2 aliphatic carbocycles. The second-order valence-corrected chi connectivity index (χ2v) is 9.18. The molecule has 0 radical (unpaired) electrons. The Bertz CT molecular complexity index is 1010. The predicted molar refractivity (Wildman–Crippen MR) is 128 cm³/mol. The number of amides is 2. The van der Waals surface area contributed by atoms with Crippen molar-refractivity contribution in [1.29, 1.82) is 0 Å². The number of carbonyl (C=O) groups excluding carboxylic acids is 2. The van der Waals surface area contributed by atoms with Crippen molar-refractivity contribution in [3.63, 3.8) is 0 Å². The van der Waals surface area contributed by atoms with Crippen LogP contribution in [-0.4, -0.2) is 53.7 Å². The van der Waals surface area contributed by atoms with Gasteiger partial charge in [0.25, 0.3) is 0 Å². The van der Waals surface area contributed by atoms with Gasteiger partial charge in [0.1, 0.15) is 13.2 Å². The van der Waals surface area contributed by atoms with Gasteiger partial charge in [-0.2, -0.15) is 0 Å². The van der Waals surface area contributed by atoms with Crippen molar-refractivity contribution in [2.24, 2.45) is 5.92 Å². The van der Waals surface area contributed by atoms with Gasteiger partial charge >= 0.3 is 12.1 Å². The molecule has 7 nitrogen and oxygen atoms in total. The van der Waals surface area contributed by atoms with E-state index in [0.717, 1.165) is 24.0 Å². The summed E-state index contributed by atoms with van der Waals surface area (Å²) in [5.74, 6) is -1.43. The van der Waals surface area contributed by atoms with Gasteiger partial charge in [0, 0.05) is 24.4 Å². The molecule has 0 heterocycles. The second-order valence-electron chi connectivity index (χ2n) is 9.18. The van der Waals surface area contributed by atoms with E-state index in [9.17, 15) is 14.4 Å². The maximum atomic E-state index is 12.9. The molecule has 34 heavy (non-hydrogen) atoms. The van der Waals surface area contributed by atoms with Gasteiger partial charge in [-0.15, -0.1) is 0 Å². The third-order valence-corrected chi connectivity index (χ3v) is 6.82. The molecular weight excluding hydrogens is 432 g/mol. The lowest BCUT2D eigenvalue weighted by atomic mass is 9.84.